The predicted molar refractivity (Wildman–Crippen MR) is 144 cm³/mol. The van der Waals surface area contributed by atoms with Crippen LogP contribution in [0, 0.1) is 0 Å². The lowest BCUT2D eigenvalue weighted by Crippen LogP contribution is -2.63. The largest absolute Gasteiger partial charge is 0.463 e. The Bertz CT molecular complexity index is 1640. The van der Waals surface area contributed by atoms with E-state index in [0.29, 0.717) is 11.3 Å². The molecule has 5 unspecified atom stereocenters. The second kappa shape index (κ2) is 11.5. The highest BCUT2D eigenvalue weighted by molar-refractivity contribution is 6.10. The first kappa shape index (κ1) is 27.9. The molecular weight excluding hydrogens is 536 g/mol. The first-order valence-corrected chi connectivity index (χ1v) is 12.9. The summed E-state index contributed by atoms with van der Waals surface area (Å²) in [6.45, 7) is 4.34. The normalized spacial score (nSPS) is 22.3. The SMILES string of the molecule is CC(=O)OCC1OC(Oc2ccc3cc4c(cc3c2)oc2ccccc24)C(OC(C)=O)C(OC(C)=O)C1OC(C)=O. The van der Waals surface area contributed by atoms with Gasteiger partial charge in [0.15, 0.2) is 12.2 Å². The quantitative estimate of drug-likeness (QED) is 0.236. The topological polar surface area (TPSA) is 137 Å². The zero-order valence-corrected chi connectivity index (χ0v) is 22.8. The molecule has 1 aliphatic heterocycles. The number of hydrogen-bond donors (Lipinski definition) is 0. The van der Waals surface area contributed by atoms with Crippen molar-refractivity contribution in [2.75, 3.05) is 6.61 Å². The van der Waals surface area contributed by atoms with Crippen LogP contribution >= 0.6 is 0 Å². The molecule has 11 heteroatoms. The van der Waals surface area contributed by atoms with Crippen LogP contribution in [0.2, 0.25) is 0 Å². The molecule has 1 aromatic heterocycles. The van der Waals surface area contributed by atoms with Crippen molar-refractivity contribution in [3.05, 3.63) is 54.6 Å². The van der Waals surface area contributed by atoms with Crippen molar-refractivity contribution in [3.8, 4) is 5.75 Å². The summed E-state index contributed by atoms with van der Waals surface area (Å²) >= 11 is 0. The number of fused-ring (bicyclic) bond motifs is 4. The first-order chi connectivity index (χ1) is 19.6. The minimum absolute atomic E-state index is 0.342. The van der Waals surface area contributed by atoms with E-state index in [1.54, 1.807) is 12.1 Å². The van der Waals surface area contributed by atoms with Gasteiger partial charge in [0.05, 0.1) is 0 Å². The van der Waals surface area contributed by atoms with Crippen molar-refractivity contribution < 1.29 is 52.0 Å². The molecule has 5 atom stereocenters. The van der Waals surface area contributed by atoms with E-state index in [2.05, 4.69) is 0 Å². The lowest BCUT2D eigenvalue weighted by molar-refractivity contribution is -0.288. The van der Waals surface area contributed by atoms with E-state index >= 15 is 0 Å². The van der Waals surface area contributed by atoms with Crippen molar-refractivity contribution in [3.63, 3.8) is 0 Å². The molecule has 2 heterocycles. The van der Waals surface area contributed by atoms with Crippen LogP contribution in [0.4, 0.5) is 0 Å². The highest BCUT2D eigenvalue weighted by Crippen LogP contribution is 2.35. The van der Waals surface area contributed by atoms with E-state index in [1.165, 1.54) is 13.8 Å². The third kappa shape index (κ3) is 6.09. The minimum Gasteiger partial charge on any atom is -0.463 e. The molecule has 4 aromatic rings. The predicted octanol–water partition coefficient (Wildman–Crippen LogP) is 4.20. The summed E-state index contributed by atoms with van der Waals surface area (Å²) in [4.78, 5) is 47.6. The van der Waals surface area contributed by atoms with Gasteiger partial charge in [0, 0.05) is 38.5 Å². The van der Waals surface area contributed by atoms with Gasteiger partial charge in [-0.15, -0.1) is 0 Å². The summed E-state index contributed by atoms with van der Waals surface area (Å²) in [7, 11) is 0. The van der Waals surface area contributed by atoms with Gasteiger partial charge in [0.25, 0.3) is 0 Å². The van der Waals surface area contributed by atoms with E-state index in [9.17, 15) is 19.2 Å². The van der Waals surface area contributed by atoms with Crippen LogP contribution in [0.3, 0.4) is 0 Å². The second-order valence-electron chi connectivity index (χ2n) is 9.64. The molecule has 0 radical (unpaired) electrons. The van der Waals surface area contributed by atoms with Gasteiger partial charge in [0.1, 0.15) is 29.6 Å². The fourth-order valence-corrected chi connectivity index (χ4v) is 4.94. The van der Waals surface area contributed by atoms with Crippen molar-refractivity contribution in [1.82, 2.24) is 0 Å². The molecular formula is C30H28O11. The van der Waals surface area contributed by atoms with Gasteiger partial charge >= 0.3 is 23.9 Å². The Morgan fingerprint density at radius 2 is 1.37 bits per heavy atom. The van der Waals surface area contributed by atoms with Crippen molar-refractivity contribution >= 4 is 56.6 Å². The molecule has 214 valence electrons. The fraction of sp³-hybridized carbons (Fsp3) is 0.333. The molecule has 0 aliphatic carbocycles. The van der Waals surface area contributed by atoms with E-state index in [0.717, 1.165) is 41.0 Å². The maximum absolute atomic E-state index is 12.1. The molecule has 1 fully saturated rings. The molecule has 41 heavy (non-hydrogen) atoms. The van der Waals surface area contributed by atoms with Gasteiger partial charge in [-0.05, 0) is 41.1 Å². The van der Waals surface area contributed by atoms with Gasteiger partial charge < -0.3 is 32.8 Å². The van der Waals surface area contributed by atoms with Gasteiger partial charge in [0.2, 0.25) is 12.4 Å². The summed E-state index contributed by atoms with van der Waals surface area (Å²) in [6, 6.07) is 17.0. The second-order valence-corrected chi connectivity index (χ2v) is 9.64. The molecule has 0 N–H and O–H groups in total. The third-order valence-corrected chi connectivity index (χ3v) is 6.51. The number of para-hydroxylation sites is 1. The Hall–Kier alpha value is -4.64. The molecule has 1 aliphatic rings. The van der Waals surface area contributed by atoms with Crippen molar-refractivity contribution in [2.24, 2.45) is 0 Å². The van der Waals surface area contributed by atoms with Crippen molar-refractivity contribution in [1.29, 1.82) is 0 Å². The third-order valence-electron chi connectivity index (χ3n) is 6.51. The number of esters is 4. The summed E-state index contributed by atoms with van der Waals surface area (Å²) in [5.74, 6) is -2.41. The van der Waals surface area contributed by atoms with Crippen LogP contribution in [-0.4, -0.2) is 61.2 Å². The average molecular weight is 565 g/mol. The Morgan fingerprint density at radius 1 is 0.683 bits per heavy atom. The number of benzene rings is 3. The standard InChI is InChI=1S/C30H28O11/c1-15(31)35-14-26-27(36-16(2)32)28(37-17(3)33)29(38-18(4)34)30(41-26)39-21-10-9-19-12-23-22-7-5-6-8-24(22)40-25(23)13-20(19)11-21/h5-13,26-30H,14H2,1-4H3. The monoisotopic (exact) mass is 564 g/mol. The number of furan rings is 1. The van der Waals surface area contributed by atoms with Gasteiger partial charge in [-0.2, -0.15) is 0 Å². The molecule has 0 saturated carbocycles. The summed E-state index contributed by atoms with van der Waals surface area (Å²) < 4.78 is 39.6. The Labute approximate surface area is 234 Å². The summed E-state index contributed by atoms with van der Waals surface area (Å²) in [5.41, 5.74) is 1.47. The maximum Gasteiger partial charge on any atom is 0.303 e. The summed E-state index contributed by atoms with van der Waals surface area (Å²) in [5, 5.41) is 3.71. The van der Waals surface area contributed by atoms with Gasteiger partial charge in [-0.25, -0.2) is 0 Å². The van der Waals surface area contributed by atoms with E-state index < -0.39 is 54.6 Å². The molecule has 0 amide bonds. The molecule has 0 bridgehead atoms. The van der Waals surface area contributed by atoms with Crippen LogP contribution in [0.15, 0.2) is 59.0 Å². The van der Waals surface area contributed by atoms with Gasteiger partial charge in [-0.1, -0.05) is 24.3 Å². The summed E-state index contributed by atoms with van der Waals surface area (Å²) in [6.07, 6.45) is -6.36. The van der Waals surface area contributed by atoms with E-state index in [1.807, 2.05) is 42.5 Å². The van der Waals surface area contributed by atoms with Crippen LogP contribution in [0.5, 0.6) is 5.75 Å². The molecule has 5 rings (SSSR count). The highest BCUT2D eigenvalue weighted by Gasteiger charge is 2.53. The number of rotatable bonds is 7. The maximum atomic E-state index is 12.1. The van der Waals surface area contributed by atoms with E-state index in [-0.39, 0.29) is 6.61 Å². The lowest BCUT2D eigenvalue weighted by atomic mass is 9.98. The van der Waals surface area contributed by atoms with Crippen LogP contribution in [0.25, 0.3) is 32.7 Å². The van der Waals surface area contributed by atoms with Crippen LogP contribution < -0.4 is 4.74 Å². The minimum atomic E-state index is -1.33. The Morgan fingerprint density at radius 3 is 2.07 bits per heavy atom. The molecule has 1 saturated heterocycles. The van der Waals surface area contributed by atoms with Crippen molar-refractivity contribution in [2.45, 2.75) is 58.4 Å². The fourth-order valence-electron chi connectivity index (χ4n) is 4.94. The van der Waals surface area contributed by atoms with Gasteiger partial charge in [-0.3, -0.25) is 19.2 Å². The zero-order valence-electron chi connectivity index (χ0n) is 22.8. The molecule has 11 nitrogen and oxygen atoms in total. The number of hydrogen-bond acceptors (Lipinski definition) is 11. The number of ether oxygens (including phenoxy) is 6. The molecule has 0 spiro atoms. The van der Waals surface area contributed by atoms with Crippen LogP contribution in [0.1, 0.15) is 27.7 Å². The Balaban J connectivity index is 1.51. The number of carbonyl (C=O) groups excluding carboxylic acids is 4. The average Bonchev–Trinajstić information content (AvgIpc) is 3.26. The van der Waals surface area contributed by atoms with Crippen LogP contribution in [-0.2, 0) is 42.9 Å². The molecule has 3 aromatic carbocycles. The smallest absolute Gasteiger partial charge is 0.303 e. The highest BCUT2D eigenvalue weighted by atomic mass is 16.7. The Kier molecular flexibility index (Phi) is 7.80. The number of carbonyl (C=O) groups is 4. The van der Waals surface area contributed by atoms with E-state index in [4.69, 9.17) is 32.8 Å². The zero-order chi connectivity index (χ0) is 29.3. The lowest BCUT2D eigenvalue weighted by Gasteiger charge is -2.43. The first-order valence-electron chi connectivity index (χ1n) is 12.9.